The smallest absolute Gasteiger partial charge is 0.257 e. The third kappa shape index (κ3) is 4.00. The van der Waals surface area contributed by atoms with Crippen LogP contribution in [-0.2, 0) is 0 Å². The van der Waals surface area contributed by atoms with E-state index in [9.17, 15) is 9.18 Å². The molecule has 1 amide bonds. The molecular weight excluding hydrogens is 291 g/mol. The van der Waals surface area contributed by atoms with Crippen molar-refractivity contribution in [2.24, 2.45) is 0 Å². The summed E-state index contributed by atoms with van der Waals surface area (Å²) in [6.45, 7) is 0. The molecule has 0 atom stereocenters. The lowest BCUT2D eigenvalue weighted by atomic mass is 10.2. The van der Waals surface area contributed by atoms with Gasteiger partial charge in [-0.05, 0) is 42.5 Å². The standard InChI is InChI=1S/C15H13FN2O2S/c1-20-11-6-4-5-10(9-11)14(19)18-15(21)17-13-8-3-2-7-12(13)16/h2-9H,1H3,(H2,17,18,19,21). The molecule has 0 aliphatic heterocycles. The Bertz CT molecular complexity index is 676. The second-order valence-corrected chi connectivity index (χ2v) is 4.53. The van der Waals surface area contributed by atoms with E-state index in [0.29, 0.717) is 11.3 Å². The van der Waals surface area contributed by atoms with Crippen LogP contribution in [0.2, 0.25) is 0 Å². The van der Waals surface area contributed by atoms with Gasteiger partial charge in [-0.2, -0.15) is 0 Å². The Hall–Kier alpha value is -2.47. The van der Waals surface area contributed by atoms with Crippen molar-refractivity contribution in [3.05, 3.63) is 59.9 Å². The lowest BCUT2D eigenvalue weighted by molar-refractivity contribution is 0.0977. The summed E-state index contributed by atoms with van der Waals surface area (Å²) in [6.07, 6.45) is 0. The number of anilines is 1. The molecule has 2 aromatic rings. The van der Waals surface area contributed by atoms with Crippen LogP contribution in [0.3, 0.4) is 0 Å². The maximum atomic E-state index is 13.5. The van der Waals surface area contributed by atoms with Gasteiger partial charge >= 0.3 is 0 Å². The maximum Gasteiger partial charge on any atom is 0.257 e. The minimum atomic E-state index is -0.449. The van der Waals surface area contributed by atoms with Gasteiger partial charge in [0, 0.05) is 5.56 Å². The van der Waals surface area contributed by atoms with Gasteiger partial charge in [0.25, 0.3) is 5.91 Å². The van der Waals surface area contributed by atoms with Gasteiger partial charge in [0.15, 0.2) is 5.11 Å². The molecule has 4 nitrogen and oxygen atoms in total. The van der Waals surface area contributed by atoms with Crippen molar-refractivity contribution in [3.63, 3.8) is 0 Å². The van der Waals surface area contributed by atoms with Crippen LogP contribution < -0.4 is 15.4 Å². The molecule has 0 aliphatic rings. The predicted molar refractivity (Wildman–Crippen MR) is 83.1 cm³/mol. The number of hydrogen-bond donors (Lipinski definition) is 2. The quantitative estimate of drug-likeness (QED) is 0.856. The fourth-order valence-electron chi connectivity index (χ4n) is 1.66. The number of halogens is 1. The molecule has 6 heteroatoms. The molecule has 0 unspecified atom stereocenters. The number of para-hydroxylation sites is 1. The summed E-state index contributed by atoms with van der Waals surface area (Å²) in [5.41, 5.74) is 0.598. The van der Waals surface area contributed by atoms with E-state index in [4.69, 9.17) is 17.0 Å². The van der Waals surface area contributed by atoms with Gasteiger partial charge in [0.05, 0.1) is 12.8 Å². The number of amides is 1. The van der Waals surface area contributed by atoms with E-state index in [-0.39, 0.29) is 10.8 Å². The van der Waals surface area contributed by atoms with Crippen LogP contribution in [-0.4, -0.2) is 18.1 Å². The van der Waals surface area contributed by atoms with Crippen molar-refractivity contribution in [1.29, 1.82) is 0 Å². The monoisotopic (exact) mass is 304 g/mol. The van der Waals surface area contributed by atoms with Crippen LogP contribution in [0.1, 0.15) is 10.4 Å². The minimum absolute atomic E-state index is 0.0212. The summed E-state index contributed by atoms with van der Waals surface area (Å²) < 4.78 is 18.5. The molecule has 2 aromatic carbocycles. The van der Waals surface area contributed by atoms with E-state index in [1.54, 1.807) is 36.4 Å². The summed E-state index contributed by atoms with van der Waals surface area (Å²) in [4.78, 5) is 12.0. The van der Waals surface area contributed by atoms with Crippen LogP contribution in [0.25, 0.3) is 0 Å². The lowest BCUT2D eigenvalue weighted by Crippen LogP contribution is -2.34. The average molecular weight is 304 g/mol. The Kier molecular flexibility index (Phi) is 4.84. The average Bonchev–Trinajstić information content (AvgIpc) is 2.49. The van der Waals surface area contributed by atoms with E-state index in [0.717, 1.165) is 0 Å². The first-order valence-corrected chi connectivity index (χ1v) is 6.52. The normalized spacial score (nSPS) is 9.81. The Morgan fingerprint density at radius 2 is 1.95 bits per heavy atom. The van der Waals surface area contributed by atoms with Crippen LogP contribution in [0.4, 0.5) is 10.1 Å². The van der Waals surface area contributed by atoms with Gasteiger partial charge in [-0.15, -0.1) is 0 Å². The van der Waals surface area contributed by atoms with Gasteiger partial charge in [-0.1, -0.05) is 18.2 Å². The molecule has 2 N–H and O–H groups in total. The fourth-order valence-corrected chi connectivity index (χ4v) is 1.86. The van der Waals surface area contributed by atoms with Crippen molar-refractivity contribution in [2.45, 2.75) is 0 Å². The Morgan fingerprint density at radius 3 is 2.67 bits per heavy atom. The largest absolute Gasteiger partial charge is 0.497 e. The maximum absolute atomic E-state index is 13.5. The van der Waals surface area contributed by atoms with E-state index in [1.165, 1.54) is 19.2 Å². The topological polar surface area (TPSA) is 50.4 Å². The second kappa shape index (κ2) is 6.81. The van der Waals surface area contributed by atoms with Gasteiger partial charge in [-0.3, -0.25) is 10.1 Å². The van der Waals surface area contributed by atoms with Crippen molar-refractivity contribution in [1.82, 2.24) is 5.32 Å². The predicted octanol–water partition coefficient (Wildman–Crippen LogP) is 2.96. The molecule has 0 spiro atoms. The minimum Gasteiger partial charge on any atom is -0.497 e. The molecule has 0 bridgehead atoms. The first-order chi connectivity index (χ1) is 10.1. The van der Waals surface area contributed by atoms with E-state index >= 15 is 0 Å². The summed E-state index contributed by atoms with van der Waals surface area (Å²) >= 11 is 4.99. The summed E-state index contributed by atoms with van der Waals surface area (Å²) in [5, 5.41) is 5.14. The number of benzene rings is 2. The highest BCUT2D eigenvalue weighted by Crippen LogP contribution is 2.13. The Morgan fingerprint density at radius 1 is 1.19 bits per heavy atom. The van der Waals surface area contributed by atoms with Crippen LogP contribution in [0.15, 0.2) is 48.5 Å². The second-order valence-electron chi connectivity index (χ2n) is 4.12. The molecule has 0 fully saturated rings. The molecule has 0 aliphatic carbocycles. The number of nitrogens with one attached hydrogen (secondary N) is 2. The number of thiocarbonyl (C=S) groups is 1. The van der Waals surface area contributed by atoms with Gasteiger partial charge in [-0.25, -0.2) is 4.39 Å². The highest BCUT2D eigenvalue weighted by atomic mass is 32.1. The molecular formula is C15H13FN2O2S. The molecule has 0 radical (unpaired) electrons. The number of hydrogen-bond acceptors (Lipinski definition) is 3. The van der Waals surface area contributed by atoms with Crippen molar-refractivity contribution in [2.75, 3.05) is 12.4 Å². The van der Waals surface area contributed by atoms with E-state index < -0.39 is 11.7 Å². The van der Waals surface area contributed by atoms with Crippen molar-refractivity contribution < 1.29 is 13.9 Å². The molecule has 21 heavy (non-hydrogen) atoms. The highest BCUT2D eigenvalue weighted by Gasteiger charge is 2.10. The zero-order valence-electron chi connectivity index (χ0n) is 11.2. The lowest BCUT2D eigenvalue weighted by Gasteiger charge is -2.10. The van der Waals surface area contributed by atoms with Crippen molar-refractivity contribution in [3.8, 4) is 5.75 Å². The van der Waals surface area contributed by atoms with Crippen molar-refractivity contribution >= 4 is 28.9 Å². The summed E-state index contributed by atoms with van der Waals surface area (Å²) in [6, 6.07) is 12.7. The zero-order chi connectivity index (χ0) is 15.2. The zero-order valence-corrected chi connectivity index (χ0v) is 12.0. The van der Waals surface area contributed by atoms with Crippen LogP contribution in [0.5, 0.6) is 5.75 Å². The van der Waals surface area contributed by atoms with Gasteiger partial charge in [0.2, 0.25) is 0 Å². The fraction of sp³-hybridized carbons (Fsp3) is 0.0667. The molecule has 0 aromatic heterocycles. The number of rotatable bonds is 3. The first-order valence-electron chi connectivity index (χ1n) is 6.11. The highest BCUT2D eigenvalue weighted by molar-refractivity contribution is 7.80. The van der Waals surface area contributed by atoms with Crippen LogP contribution >= 0.6 is 12.2 Å². The first kappa shape index (κ1) is 14.9. The Labute approximate surface area is 126 Å². The molecule has 0 heterocycles. The summed E-state index contributed by atoms with van der Waals surface area (Å²) in [7, 11) is 1.52. The number of carbonyl (C=O) groups excluding carboxylic acids is 1. The third-order valence-electron chi connectivity index (χ3n) is 2.68. The molecule has 0 saturated carbocycles. The number of ether oxygens (including phenoxy) is 1. The SMILES string of the molecule is COc1cccc(C(=O)NC(=S)Nc2ccccc2F)c1. The van der Waals surface area contributed by atoms with Gasteiger partial charge < -0.3 is 10.1 Å². The summed E-state index contributed by atoms with van der Waals surface area (Å²) in [5.74, 6) is -0.283. The van der Waals surface area contributed by atoms with E-state index in [1.807, 2.05) is 0 Å². The molecule has 2 rings (SSSR count). The third-order valence-corrected chi connectivity index (χ3v) is 2.89. The van der Waals surface area contributed by atoms with Gasteiger partial charge in [0.1, 0.15) is 11.6 Å². The van der Waals surface area contributed by atoms with E-state index in [2.05, 4.69) is 10.6 Å². The Balaban J connectivity index is 2.02. The molecule has 108 valence electrons. The number of methoxy groups -OCH3 is 1. The molecule has 0 saturated heterocycles. The number of carbonyl (C=O) groups is 1. The van der Waals surface area contributed by atoms with Crippen LogP contribution in [0, 0.1) is 5.82 Å².